The molecule has 0 bridgehead atoms. The number of hydrogen-bond donors (Lipinski definition) is 0. The highest BCUT2D eigenvalue weighted by atomic mass is 19.4. The molecule has 0 spiro atoms. The molecule has 3 rings (SSSR count). The predicted octanol–water partition coefficient (Wildman–Crippen LogP) is 4.13. The van der Waals surface area contributed by atoms with Crippen molar-refractivity contribution in [3.05, 3.63) is 71.0 Å². The summed E-state index contributed by atoms with van der Waals surface area (Å²) in [5.41, 5.74) is 0.658. The molecule has 0 amide bonds. The molecule has 2 aromatic carbocycles. The molecule has 26 heavy (non-hydrogen) atoms. The molecule has 5 nitrogen and oxygen atoms in total. The molecule has 0 fully saturated rings. The molecule has 1 heterocycles. The fraction of sp³-hybridized carbons (Fsp3) is 0.167. The maximum Gasteiger partial charge on any atom is 0.416 e. The van der Waals surface area contributed by atoms with E-state index in [1.54, 1.807) is 30.3 Å². The molecule has 0 saturated heterocycles. The van der Waals surface area contributed by atoms with Gasteiger partial charge in [0.25, 0.3) is 5.89 Å². The third kappa shape index (κ3) is 3.90. The highest BCUT2D eigenvalue weighted by Crippen LogP contribution is 2.30. The van der Waals surface area contributed by atoms with Gasteiger partial charge in [-0.25, -0.2) is 4.79 Å². The lowest BCUT2D eigenvalue weighted by Crippen LogP contribution is -2.05. The Bertz CT molecular complexity index is 918. The Morgan fingerprint density at radius 3 is 2.54 bits per heavy atom. The largest absolute Gasteiger partial charge is 0.465 e. The molecule has 0 aliphatic rings. The van der Waals surface area contributed by atoms with Crippen LogP contribution in [0.5, 0.6) is 0 Å². The summed E-state index contributed by atoms with van der Waals surface area (Å²) in [4.78, 5) is 15.6. The molecule has 1 aromatic heterocycles. The summed E-state index contributed by atoms with van der Waals surface area (Å²) in [5.74, 6) is 0.00655. The van der Waals surface area contributed by atoms with Gasteiger partial charge in [0.2, 0.25) is 0 Å². The number of nitrogens with zero attached hydrogens (tertiary/aromatic N) is 2. The third-order valence-electron chi connectivity index (χ3n) is 3.64. The van der Waals surface area contributed by atoms with E-state index >= 15 is 0 Å². The maximum absolute atomic E-state index is 12.8. The normalized spacial score (nSPS) is 11.4. The summed E-state index contributed by atoms with van der Waals surface area (Å²) in [6.07, 6.45) is -4.30. The first-order valence-electron chi connectivity index (χ1n) is 7.54. The molecular weight excluding hydrogens is 349 g/mol. The number of ether oxygens (including phenoxy) is 1. The van der Waals surface area contributed by atoms with Crippen LogP contribution >= 0.6 is 0 Å². The molecule has 0 radical (unpaired) electrons. The molecular formula is C18H13F3N2O3. The van der Waals surface area contributed by atoms with Gasteiger partial charge in [-0.3, -0.25) is 0 Å². The molecule has 8 heteroatoms. The van der Waals surface area contributed by atoms with Crippen LogP contribution in [0.3, 0.4) is 0 Å². The van der Waals surface area contributed by atoms with Crippen LogP contribution in [0.2, 0.25) is 0 Å². The number of aromatic nitrogens is 2. The highest BCUT2D eigenvalue weighted by Gasteiger charge is 2.30. The highest BCUT2D eigenvalue weighted by molar-refractivity contribution is 5.89. The summed E-state index contributed by atoms with van der Waals surface area (Å²) in [6, 6.07) is 11.3. The smallest absolute Gasteiger partial charge is 0.416 e. The monoisotopic (exact) mass is 362 g/mol. The molecule has 0 aliphatic carbocycles. The zero-order chi connectivity index (χ0) is 18.7. The van der Waals surface area contributed by atoms with E-state index < -0.39 is 17.7 Å². The van der Waals surface area contributed by atoms with E-state index in [2.05, 4.69) is 14.9 Å². The van der Waals surface area contributed by atoms with Gasteiger partial charge in [0, 0.05) is 12.0 Å². The summed E-state index contributed by atoms with van der Waals surface area (Å²) < 4.78 is 48.1. The Labute approximate surface area is 146 Å². The van der Waals surface area contributed by atoms with E-state index in [0.717, 1.165) is 12.1 Å². The Hall–Kier alpha value is -3.16. The van der Waals surface area contributed by atoms with Gasteiger partial charge >= 0.3 is 12.1 Å². The van der Waals surface area contributed by atoms with Crippen molar-refractivity contribution in [2.24, 2.45) is 0 Å². The standard InChI is InChI=1S/C18H13F3N2O3/c1-25-17(24)13-7-5-12(6-8-13)16-22-15(23-26-16)10-11-3-2-4-14(9-11)18(19,20)21/h2-9H,10H2,1H3. The Morgan fingerprint density at radius 2 is 1.88 bits per heavy atom. The van der Waals surface area contributed by atoms with Crippen molar-refractivity contribution >= 4 is 5.97 Å². The van der Waals surface area contributed by atoms with Gasteiger partial charge in [0.15, 0.2) is 5.82 Å². The number of carbonyl (C=O) groups excluding carboxylic acids is 1. The van der Waals surface area contributed by atoms with Crippen LogP contribution in [0.4, 0.5) is 13.2 Å². The minimum Gasteiger partial charge on any atom is -0.465 e. The SMILES string of the molecule is COC(=O)c1ccc(-c2nc(Cc3cccc(C(F)(F)F)c3)no2)cc1. The number of halogens is 3. The van der Waals surface area contributed by atoms with Gasteiger partial charge in [-0.1, -0.05) is 23.4 Å². The second kappa shape index (κ2) is 6.99. The molecule has 0 aliphatic heterocycles. The molecule has 3 aromatic rings. The van der Waals surface area contributed by atoms with E-state index in [0.29, 0.717) is 16.7 Å². The van der Waals surface area contributed by atoms with E-state index in [1.807, 2.05) is 0 Å². The van der Waals surface area contributed by atoms with Crippen molar-refractivity contribution < 1.29 is 27.2 Å². The van der Waals surface area contributed by atoms with E-state index in [4.69, 9.17) is 4.52 Å². The van der Waals surface area contributed by atoms with Crippen LogP contribution in [0, 0.1) is 0 Å². The van der Waals surface area contributed by atoms with Gasteiger partial charge in [0.05, 0.1) is 18.2 Å². The number of benzene rings is 2. The maximum atomic E-state index is 12.8. The first kappa shape index (κ1) is 17.7. The third-order valence-corrected chi connectivity index (χ3v) is 3.64. The molecule has 0 saturated carbocycles. The van der Waals surface area contributed by atoms with Gasteiger partial charge < -0.3 is 9.26 Å². The fourth-order valence-corrected chi connectivity index (χ4v) is 2.35. The number of rotatable bonds is 4. The first-order valence-corrected chi connectivity index (χ1v) is 7.54. The van der Waals surface area contributed by atoms with Crippen molar-refractivity contribution in [3.63, 3.8) is 0 Å². The van der Waals surface area contributed by atoms with Crippen molar-refractivity contribution in [1.82, 2.24) is 10.1 Å². The average Bonchev–Trinajstić information content (AvgIpc) is 3.09. The zero-order valence-corrected chi connectivity index (χ0v) is 13.6. The van der Waals surface area contributed by atoms with Gasteiger partial charge in [-0.15, -0.1) is 0 Å². The molecule has 0 unspecified atom stereocenters. The second-order valence-electron chi connectivity index (χ2n) is 5.46. The quantitative estimate of drug-likeness (QED) is 0.653. The van der Waals surface area contributed by atoms with Crippen LogP contribution < -0.4 is 0 Å². The molecule has 134 valence electrons. The lowest BCUT2D eigenvalue weighted by atomic mass is 10.1. The van der Waals surface area contributed by atoms with Crippen LogP contribution in [0.1, 0.15) is 27.3 Å². The van der Waals surface area contributed by atoms with E-state index in [9.17, 15) is 18.0 Å². The zero-order valence-electron chi connectivity index (χ0n) is 13.6. The van der Waals surface area contributed by atoms with Crippen molar-refractivity contribution in [2.45, 2.75) is 12.6 Å². The molecule has 0 atom stereocenters. The van der Waals surface area contributed by atoms with Crippen LogP contribution in [-0.2, 0) is 17.3 Å². The Morgan fingerprint density at radius 1 is 1.15 bits per heavy atom. The number of carbonyl (C=O) groups is 1. The summed E-state index contributed by atoms with van der Waals surface area (Å²) in [7, 11) is 1.29. The molecule has 0 N–H and O–H groups in total. The lowest BCUT2D eigenvalue weighted by Gasteiger charge is -2.07. The van der Waals surface area contributed by atoms with Crippen LogP contribution in [0.25, 0.3) is 11.5 Å². The van der Waals surface area contributed by atoms with Crippen molar-refractivity contribution in [2.75, 3.05) is 7.11 Å². The summed E-state index contributed by atoms with van der Waals surface area (Å²) >= 11 is 0. The number of hydrogen-bond acceptors (Lipinski definition) is 5. The topological polar surface area (TPSA) is 65.2 Å². The van der Waals surface area contributed by atoms with Gasteiger partial charge in [-0.2, -0.15) is 18.2 Å². The lowest BCUT2D eigenvalue weighted by molar-refractivity contribution is -0.137. The average molecular weight is 362 g/mol. The van der Waals surface area contributed by atoms with Crippen molar-refractivity contribution in [1.29, 1.82) is 0 Å². The summed E-state index contributed by atoms with van der Waals surface area (Å²) in [6.45, 7) is 0. The van der Waals surface area contributed by atoms with Crippen molar-refractivity contribution in [3.8, 4) is 11.5 Å². The van der Waals surface area contributed by atoms with Crippen LogP contribution in [0.15, 0.2) is 53.1 Å². The van der Waals surface area contributed by atoms with Gasteiger partial charge in [0.1, 0.15) is 0 Å². The summed E-state index contributed by atoms with van der Waals surface area (Å²) in [5, 5.41) is 3.79. The second-order valence-corrected chi connectivity index (χ2v) is 5.46. The Balaban J connectivity index is 1.77. The van der Waals surface area contributed by atoms with E-state index in [-0.39, 0.29) is 18.1 Å². The number of alkyl halides is 3. The first-order chi connectivity index (χ1) is 12.4. The fourth-order valence-electron chi connectivity index (χ4n) is 2.35. The predicted molar refractivity (Wildman–Crippen MR) is 85.3 cm³/mol. The Kier molecular flexibility index (Phi) is 4.75. The minimum atomic E-state index is -4.40. The number of esters is 1. The minimum absolute atomic E-state index is 0.105. The number of methoxy groups -OCH3 is 1. The van der Waals surface area contributed by atoms with Gasteiger partial charge in [-0.05, 0) is 35.9 Å². The van der Waals surface area contributed by atoms with E-state index in [1.165, 1.54) is 13.2 Å². The van der Waals surface area contributed by atoms with Crippen LogP contribution in [-0.4, -0.2) is 23.2 Å².